The minimum atomic E-state index is -0.522. The van der Waals surface area contributed by atoms with E-state index >= 15 is 0 Å². The molecule has 2 aromatic rings. The van der Waals surface area contributed by atoms with Gasteiger partial charge >= 0.3 is 5.97 Å². The van der Waals surface area contributed by atoms with E-state index in [0.717, 1.165) is 6.42 Å². The van der Waals surface area contributed by atoms with Gasteiger partial charge in [-0.15, -0.1) is 11.8 Å². The summed E-state index contributed by atoms with van der Waals surface area (Å²) in [7, 11) is 0. The van der Waals surface area contributed by atoms with Crippen LogP contribution >= 0.6 is 11.8 Å². The lowest BCUT2D eigenvalue weighted by atomic mass is 10.2. The molecule has 0 aliphatic carbocycles. The average Bonchev–Trinajstić information content (AvgIpc) is 3.31. The number of ether oxygens (including phenoxy) is 1. The Bertz CT molecular complexity index is 771. The van der Waals surface area contributed by atoms with E-state index in [1.807, 2.05) is 6.92 Å². The largest absolute Gasteiger partial charge is 0.461 e. The smallest absolute Gasteiger partial charge is 0.330 e. The number of nitrogens with zero attached hydrogens (tertiary/aromatic N) is 2. The van der Waals surface area contributed by atoms with Crippen LogP contribution in [0, 0.1) is 0 Å². The molecule has 0 aromatic carbocycles. The normalized spacial score (nSPS) is 26.0. The zero-order valence-corrected chi connectivity index (χ0v) is 13.9. The Balaban J connectivity index is 1.40. The molecule has 1 amide bonds. The first-order chi connectivity index (χ1) is 11.6. The number of rotatable bonds is 4. The van der Waals surface area contributed by atoms with E-state index in [2.05, 4.69) is 5.16 Å². The number of aromatic nitrogens is 1. The van der Waals surface area contributed by atoms with Gasteiger partial charge in [0, 0.05) is 18.2 Å². The van der Waals surface area contributed by atoms with Gasteiger partial charge in [0.25, 0.3) is 0 Å². The molecule has 2 atom stereocenters. The zero-order valence-electron chi connectivity index (χ0n) is 13.1. The summed E-state index contributed by atoms with van der Waals surface area (Å²) in [4.78, 5) is 25.8. The lowest BCUT2D eigenvalue weighted by Gasteiger charge is -2.29. The molecule has 2 saturated heterocycles. The van der Waals surface area contributed by atoms with E-state index in [9.17, 15) is 9.59 Å². The monoisotopic (exact) mass is 348 g/mol. The number of hydrogen-bond acceptors (Lipinski definition) is 7. The first kappa shape index (κ1) is 15.3. The van der Waals surface area contributed by atoms with E-state index in [1.54, 1.807) is 41.1 Å². The molecule has 8 heteroatoms. The van der Waals surface area contributed by atoms with Gasteiger partial charge in [-0.05, 0) is 25.5 Å². The summed E-state index contributed by atoms with van der Waals surface area (Å²) >= 11 is 1.64. The Morgan fingerprint density at radius 3 is 3.21 bits per heavy atom. The first-order valence-electron chi connectivity index (χ1n) is 7.69. The van der Waals surface area contributed by atoms with Crippen molar-refractivity contribution in [1.29, 1.82) is 0 Å². The summed E-state index contributed by atoms with van der Waals surface area (Å²) in [6.07, 6.45) is 2.80. The van der Waals surface area contributed by atoms with Crippen LogP contribution in [0.3, 0.4) is 0 Å². The molecule has 24 heavy (non-hydrogen) atoms. The van der Waals surface area contributed by atoms with Crippen molar-refractivity contribution in [3.8, 4) is 11.5 Å². The fourth-order valence-electron chi connectivity index (χ4n) is 3.15. The number of thioether (sulfide) groups is 1. The molecule has 0 saturated carbocycles. The zero-order chi connectivity index (χ0) is 16.7. The second-order valence-corrected chi connectivity index (χ2v) is 7.53. The van der Waals surface area contributed by atoms with Gasteiger partial charge < -0.3 is 18.6 Å². The molecule has 2 fully saturated rings. The average molecular weight is 348 g/mol. The number of carbonyl (C=O) groups is 2. The summed E-state index contributed by atoms with van der Waals surface area (Å²) in [5.74, 6) is 1.22. The molecule has 0 bridgehead atoms. The summed E-state index contributed by atoms with van der Waals surface area (Å²) in [6.45, 7) is 2.01. The van der Waals surface area contributed by atoms with Crippen LogP contribution in [-0.2, 0) is 20.9 Å². The lowest BCUT2D eigenvalue weighted by molar-refractivity contribution is -0.154. The first-order valence-corrected chi connectivity index (χ1v) is 8.68. The van der Waals surface area contributed by atoms with Gasteiger partial charge in [0.2, 0.25) is 11.7 Å². The third-order valence-electron chi connectivity index (χ3n) is 4.40. The Morgan fingerprint density at radius 2 is 2.42 bits per heavy atom. The highest BCUT2D eigenvalue weighted by atomic mass is 32.2. The second-order valence-electron chi connectivity index (χ2n) is 6.03. The lowest BCUT2D eigenvalue weighted by Crippen LogP contribution is -2.46. The van der Waals surface area contributed by atoms with Crippen molar-refractivity contribution in [2.24, 2.45) is 0 Å². The fourth-order valence-corrected chi connectivity index (χ4v) is 4.57. The maximum absolute atomic E-state index is 12.4. The van der Waals surface area contributed by atoms with Crippen molar-refractivity contribution in [3.63, 3.8) is 0 Å². The van der Waals surface area contributed by atoms with Crippen molar-refractivity contribution in [2.45, 2.75) is 37.3 Å². The summed E-state index contributed by atoms with van der Waals surface area (Å²) < 4.78 is 15.7. The molecular formula is C16H16N2O5S. The van der Waals surface area contributed by atoms with Gasteiger partial charge in [-0.25, -0.2) is 4.79 Å². The maximum atomic E-state index is 12.4. The Labute approximate surface area is 142 Å². The van der Waals surface area contributed by atoms with Gasteiger partial charge in [0.1, 0.15) is 18.3 Å². The molecule has 0 radical (unpaired) electrons. The second kappa shape index (κ2) is 5.70. The summed E-state index contributed by atoms with van der Waals surface area (Å²) in [5, 5.41) is 3.87. The molecule has 0 N–H and O–H groups in total. The molecule has 7 nitrogen and oxygen atoms in total. The number of esters is 1. The van der Waals surface area contributed by atoms with E-state index in [0.29, 0.717) is 29.4 Å². The Hall–Kier alpha value is -2.22. The minimum Gasteiger partial charge on any atom is -0.461 e. The number of amides is 1. The topological polar surface area (TPSA) is 85.8 Å². The van der Waals surface area contributed by atoms with E-state index in [4.69, 9.17) is 13.7 Å². The van der Waals surface area contributed by atoms with Crippen molar-refractivity contribution in [3.05, 3.63) is 30.2 Å². The minimum absolute atomic E-state index is 0.00293. The quantitative estimate of drug-likeness (QED) is 0.784. The third kappa shape index (κ3) is 2.50. The highest BCUT2D eigenvalue weighted by Gasteiger charge is 2.53. The van der Waals surface area contributed by atoms with E-state index in [1.165, 1.54) is 0 Å². The number of carbonyl (C=O) groups excluding carboxylic acids is 2. The molecule has 2 aromatic heterocycles. The highest BCUT2D eigenvalue weighted by molar-refractivity contribution is 8.01. The molecule has 126 valence electrons. The van der Waals surface area contributed by atoms with Gasteiger partial charge in [-0.2, -0.15) is 0 Å². The van der Waals surface area contributed by atoms with Crippen LogP contribution in [0.5, 0.6) is 0 Å². The van der Waals surface area contributed by atoms with Crippen LogP contribution in [0.4, 0.5) is 0 Å². The van der Waals surface area contributed by atoms with Crippen LogP contribution in [0.1, 0.15) is 25.5 Å². The van der Waals surface area contributed by atoms with Crippen LogP contribution in [0.2, 0.25) is 0 Å². The summed E-state index contributed by atoms with van der Waals surface area (Å²) in [5.41, 5.74) is 0.496. The van der Waals surface area contributed by atoms with Gasteiger partial charge in [0.15, 0.2) is 5.76 Å². The molecule has 4 heterocycles. The van der Waals surface area contributed by atoms with Crippen LogP contribution < -0.4 is 0 Å². The van der Waals surface area contributed by atoms with Gasteiger partial charge in [-0.1, -0.05) is 5.16 Å². The highest BCUT2D eigenvalue weighted by Crippen LogP contribution is 2.47. The molecular weight excluding hydrogens is 332 g/mol. The van der Waals surface area contributed by atoms with Crippen molar-refractivity contribution >= 4 is 23.6 Å². The number of hydrogen-bond donors (Lipinski definition) is 0. The third-order valence-corrected chi connectivity index (χ3v) is 5.91. The standard InChI is InChI=1S/C16H16N2O5S/c1-16-5-4-14(19)18(16)11(9-24-16)15(20)22-8-10-7-13(23-17-10)12-3-2-6-21-12/h2-3,6-7,11H,4-5,8-9H2,1H3/t11-,16+/m0/s1. The van der Waals surface area contributed by atoms with Crippen molar-refractivity contribution < 1.29 is 23.3 Å². The molecule has 4 rings (SSSR count). The predicted molar refractivity (Wildman–Crippen MR) is 84.7 cm³/mol. The van der Waals surface area contributed by atoms with Crippen LogP contribution in [0.25, 0.3) is 11.5 Å². The number of fused-ring (bicyclic) bond motifs is 1. The fraction of sp³-hybridized carbons (Fsp3) is 0.438. The Morgan fingerprint density at radius 1 is 1.54 bits per heavy atom. The molecule has 0 spiro atoms. The predicted octanol–water partition coefficient (Wildman–Crippen LogP) is 2.43. The number of furan rings is 1. The van der Waals surface area contributed by atoms with E-state index < -0.39 is 12.0 Å². The van der Waals surface area contributed by atoms with Gasteiger partial charge in [0.05, 0.1) is 11.1 Å². The molecule has 2 aliphatic rings. The summed E-state index contributed by atoms with van der Waals surface area (Å²) in [6, 6.07) is 4.65. The molecule has 2 aliphatic heterocycles. The van der Waals surface area contributed by atoms with E-state index in [-0.39, 0.29) is 17.4 Å². The SMILES string of the molecule is C[C@@]12CCC(=O)N1[C@H](C(=O)OCc1cc(-c3ccco3)on1)CS2. The van der Waals surface area contributed by atoms with Crippen LogP contribution in [-0.4, -0.2) is 38.6 Å². The van der Waals surface area contributed by atoms with Crippen LogP contribution in [0.15, 0.2) is 33.4 Å². The van der Waals surface area contributed by atoms with Gasteiger partial charge in [-0.3, -0.25) is 4.79 Å². The van der Waals surface area contributed by atoms with Crippen molar-refractivity contribution in [2.75, 3.05) is 5.75 Å². The maximum Gasteiger partial charge on any atom is 0.330 e. The van der Waals surface area contributed by atoms with Crippen molar-refractivity contribution in [1.82, 2.24) is 10.1 Å². The Kier molecular flexibility index (Phi) is 3.64. The molecule has 0 unspecified atom stereocenters.